The van der Waals surface area contributed by atoms with E-state index in [2.05, 4.69) is 39.3 Å². The number of allylic oxidation sites excluding steroid dienone is 4. The topological polar surface area (TPSA) is 34.1 Å². The summed E-state index contributed by atoms with van der Waals surface area (Å²) in [5.41, 5.74) is 2.49. The largest absolute Gasteiger partial charge is 0.289 e. The van der Waals surface area contributed by atoms with Crippen molar-refractivity contribution < 1.29 is 9.59 Å². The van der Waals surface area contributed by atoms with E-state index >= 15 is 0 Å². The molecule has 0 saturated heterocycles. The van der Waals surface area contributed by atoms with Crippen molar-refractivity contribution in [2.45, 2.75) is 34.1 Å². The summed E-state index contributed by atoms with van der Waals surface area (Å²) in [4.78, 5) is 23.8. The Morgan fingerprint density at radius 2 is 1.91 bits per heavy atom. The quantitative estimate of drug-likeness (QED) is 0.476. The van der Waals surface area contributed by atoms with Gasteiger partial charge in [0.1, 0.15) is 0 Å². The standard InChI is InChI=1S/C20H21O2P/c1-13(9-11-15-7-5-6-8-17(15)23)10-12-16-14(2)18(21)19(22)20(16,3)4/h5-9H,11,23H2,1-4H3. The first-order valence-electron chi connectivity index (χ1n) is 7.57. The number of Topliss-reactive ketones (excluding diaryl/α,β-unsaturated/α-hetero) is 2. The molecule has 1 aliphatic rings. The highest BCUT2D eigenvalue weighted by Gasteiger charge is 2.44. The third-order valence-corrected chi connectivity index (χ3v) is 4.75. The van der Waals surface area contributed by atoms with Gasteiger partial charge in [-0.3, -0.25) is 9.59 Å². The Labute approximate surface area is 140 Å². The van der Waals surface area contributed by atoms with Crippen LogP contribution < -0.4 is 5.30 Å². The van der Waals surface area contributed by atoms with Gasteiger partial charge in [-0.1, -0.05) is 42.2 Å². The molecule has 1 aliphatic carbocycles. The molecule has 2 nitrogen and oxygen atoms in total. The van der Waals surface area contributed by atoms with Gasteiger partial charge in [0.05, 0.1) is 5.41 Å². The molecule has 23 heavy (non-hydrogen) atoms. The lowest BCUT2D eigenvalue weighted by atomic mass is 9.84. The van der Waals surface area contributed by atoms with Gasteiger partial charge in [0, 0.05) is 11.1 Å². The van der Waals surface area contributed by atoms with Crippen LogP contribution in [-0.4, -0.2) is 11.6 Å². The van der Waals surface area contributed by atoms with Crippen molar-refractivity contribution in [1.82, 2.24) is 0 Å². The van der Waals surface area contributed by atoms with E-state index in [0.29, 0.717) is 11.1 Å². The van der Waals surface area contributed by atoms with Gasteiger partial charge in [-0.25, -0.2) is 0 Å². The molecular formula is C20H21O2P. The van der Waals surface area contributed by atoms with E-state index in [1.165, 1.54) is 10.9 Å². The molecule has 0 aliphatic heterocycles. The fourth-order valence-electron chi connectivity index (χ4n) is 2.60. The van der Waals surface area contributed by atoms with Crippen molar-refractivity contribution in [1.29, 1.82) is 0 Å². The maximum atomic E-state index is 12.0. The first-order valence-corrected chi connectivity index (χ1v) is 8.15. The molecule has 2 rings (SSSR count). The van der Waals surface area contributed by atoms with Crippen molar-refractivity contribution in [3.8, 4) is 11.8 Å². The molecular weight excluding hydrogens is 303 g/mol. The summed E-state index contributed by atoms with van der Waals surface area (Å²) < 4.78 is 0. The van der Waals surface area contributed by atoms with Gasteiger partial charge in [0.2, 0.25) is 11.6 Å². The molecule has 0 fully saturated rings. The molecule has 0 amide bonds. The van der Waals surface area contributed by atoms with Gasteiger partial charge >= 0.3 is 0 Å². The molecule has 0 spiro atoms. The van der Waals surface area contributed by atoms with Crippen molar-refractivity contribution in [3.63, 3.8) is 0 Å². The molecule has 0 N–H and O–H groups in total. The van der Waals surface area contributed by atoms with Crippen molar-refractivity contribution in [3.05, 3.63) is 52.6 Å². The van der Waals surface area contributed by atoms with Crippen LogP contribution in [0, 0.1) is 17.3 Å². The Bertz CT molecular complexity index is 798. The highest BCUT2D eigenvalue weighted by molar-refractivity contribution is 7.27. The van der Waals surface area contributed by atoms with E-state index in [-0.39, 0.29) is 5.78 Å². The molecule has 0 saturated carbocycles. The summed E-state index contributed by atoms with van der Waals surface area (Å²) >= 11 is 0. The average molecular weight is 324 g/mol. The van der Waals surface area contributed by atoms with E-state index < -0.39 is 11.2 Å². The van der Waals surface area contributed by atoms with E-state index in [1.807, 2.05) is 19.1 Å². The number of ketones is 2. The molecule has 1 unspecified atom stereocenters. The Kier molecular flexibility index (Phi) is 5.03. The van der Waals surface area contributed by atoms with Gasteiger partial charge in [-0.2, -0.15) is 0 Å². The summed E-state index contributed by atoms with van der Waals surface area (Å²) in [6.45, 7) is 7.15. The van der Waals surface area contributed by atoms with E-state index in [4.69, 9.17) is 0 Å². The fourth-order valence-corrected chi connectivity index (χ4v) is 2.92. The van der Waals surface area contributed by atoms with Gasteiger partial charge in [0.15, 0.2) is 0 Å². The second-order valence-electron chi connectivity index (χ2n) is 6.32. The molecule has 118 valence electrons. The van der Waals surface area contributed by atoms with Crippen molar-refractivity contribution in [2.75, 3.05) is 0 Å². The summed E-state index contributed by atoms with van der Waals surface area (Å²) in [6, 6.07) is 8.17. The third kappa shape index (κ3) is 3.52. The maximum absolute atomic E-state index is 12.0. The fraction of sp³-hybridized carbons (Fsp3) is 0.300. The minimum Gasteiger partial charge on any atom is -0.289 e. The Balaban J connectivity index is 2.22. The van der Waals surface area contributed by atoms with Gasteiger partial charge in [0.25, 0.3) is 0 Å². The third-order valence-electron chi connectivity index (χ3n) is 4.18. The van der Waals surface area contributed by atoms with Crippen molar-refractivity contribution in [2.24, 2.45) is 5.41 Å². The SMILES string of the molecule is CC(C#CC1=C(C)C(=O)C(=O)C1(C)C)=CCc1ccccc1P. The smallest absolute Gasteiger partial charge is 0.226 e. The number of benzene rings is 1. The average Bonchev–Trinajstić information content (AvgIpc) is 2.65. The zero-order chi connectivity index (χ0) is 17.2. The first-order chi connectivity index (χ1) is 10.7. The van der Waals surface area contributed by atoms with Crippen LogP contribution in [0.1, 0.15) is 33.3 Å². The highest BCUT2D eigenvalue weighted by atomic mass is 31.0. The summed E-state index contributed by atoms with van der Waals surface area (Å²) in [5.74, 6) is 5.36. The van der Waals surface area contributed by atoms with Gasteiger partial charge < -0.3 is 0 Å². The van der Waals surface area contributed by atoms with E-state index in [1.54, 1.807) is 20.8 Å². The molecule has 1 aromatic carbocycles. The zero-order valence-corrected chi connectivity index (χ0v) is 15.1. The minimum atomic E-state index is -0.804. The molecule has 0 radical (unpaired) electrons. The normalized spacial score (nSPS) is 17.3. The van der Waals surface area contributed by atoms with Crippen molar-refractivity contribution >= 4 is 26.1 Å². The first kappa shape index (κ1) is 17.4. The zero-order valence-electron chi connectivity index (χ0n) is 14.0. The number of hydrogen-bond donors (Lipinski definition) is 0. The Morgan fingerprint density at radius 1 is 1.26 bits per heavy atom. The minimum absolute atomic E-state index is 0.363. The molecule has 1 atom stereocenters. The summed E-state index contributed by atoms with van der Waals surface area (Å²) in [5, 5.41) is 1.18. The molecule has 1 aromatic rings. The molecule has 3 heteroatoms. The van der Waals surface area contributed by atoms with Crippen LogP contribution in [-0.2, 0) is 16.0 Å². The van der Waals surface area contributed by atoms with E-state index in [0.717, 1.165) is 12.0 Å². The number of hydrogen-bond acceptors (Lipinski definition) is 2. The molecule has 0 aromatic heterocycles. The highest BCUT2D eigenvalue weighted by Crippen LogP contribution is 2.36. The number of carbonyl (C=O) groups is 2. The molecule has 0 bridgehead atoms. The lowest BCUT2D eigenvalue weighted by molar-refractivity contribution is -0.136. The van der Waals surface area contributed by atoms with Crippen LogP contribution in [0.15, 0.2) is 47.1 Å². The van der Waals surface area contributed by atoms with Gasteiger partial charge in [-0.05, 0) is 50.6 Å². The Morgan fingerprint density at radius 3 is 2.48 bits per heavy atom. The van der Waals surface area contributed by atoms with Crippen LogP contribution in [0.4, 0.5) is 0 Å². The predicted molar refractivity (Wildman–Crippen MR) is 97.5 cm³/mol. The summed E-state index contributed by atoms with van der Waals surface area (Å²) in [6.07, 6.45) is 2.87. The van der Waals surface area contributed by atoms with Gasteiger partial charge in [-0.15, -0.1) is 9.24 Å². The number of rotatable bonds is 2. The second kappa shape index (κ2) is 6.65. The van der Waals surface area contributed by atoms with Crippen LogP contribution in [0.3, 0.4) is 0 Å². The summed E-state index contributed by atoms with van der Waals surface area (Å²) in [7, 11) is 2.73. The second-order valence-corrected chi connectivity index (χ2v) is 6.95. The monoisotopic (exact) mass is 324 g/mol. The van der Waals surface area contributed by atoms with Crippen LogP contribution in [0.25, 0.3) is 0 Å². The van der Waals surface area contributed by atoms with Crippen LogP contribution in [0.5, 0.6) is 0 Å². The number of carbonyl (C=O) groups excluding carboxylic acids is 2. The lowest BCUT2D eigenvalue weighted by Gasteiger charge is -2.15. The van der Waals surface area contributed by atoms with E-state index in [9.17, 15) is 9.59 Å². The van der Waals surface area contributed by atoms with Crippen LogP contribution >= 0.6 is 9.24 Å². The Hall–Kier alpha value is -1.97. The van der Waals surface area contributed by atoms with Crippen LogP contribution in [0.2, 0.25) is 0 Å². The lowest BCUT2D eigenvalue weighted by Crippen LogP contribution is -2.25. The molecule has 0 heterocycles. The predicted octanol–water partition coefficient (Wildman–Crippen LogP) is 3.17. The maximum Gasteiger partial charge on any atom is 0.226 e.